The summed E-state index contributed by atoms with van der Waals surface area (Å²) in [4.78, 5) is 12.3. The van der Waals surface area contributed by atoms with Crippen molar-refractivity contribution in [2.45, 2.75) is 19.4 Å². The van der Waals surface area contributed by atoms with E-state index >= 15 is 0 Å². The lowest BCUT2D eigenvalue weighted by Gasteiger charge is -2.23. The number of amides is 1. The topological polar surface area (TPSA) is 59.6 Å². The Morgan fingerprint density at radius 1 is 1.24 bits per heavy atom. The first-order valence-electron chi connectivity index (χ1n) is 8.16. The monoisotopic (exact) mass is 362 g/mol. The second-order valence-electron chi connectivity index (χ2n) is 5.86. The van der Waals surface area contributed by atoms with Crippen molar-refractivity contribution in [3.05, 3.63) is 54.1 Å². The minimum absolute atomic E-state index is 0. The third-order valence-corrected chi connectivity index (χ3v) is 3.83. The molecule has 2 N–H and O–H groups in total. The van der Waals surface area contributed by atoms with Crippen LogP contribution in [0.25, 0.3) is 0 Å². The summed E-state index contributed by atoms with van der Waals surface area (Å²) >= 11 is 0. The van der Waals surface area contributed by atoms with Crippen LogP contribution in [0.3, 0.4) is 0 Å². The van der Waals surface area contributed by atoms with Crippen molar-refractivity contribution in [1.29, 1.82) is 0 Å². The van der Waals surface area contributed by atoms with Gasteiger partial charge in [-0.2, -0.15) is 0 Å². The van der Waals surface area contributed by atoms with Gasteiger partial charge in [-0.1, -0.05) is 29.8 Å². The minimum atomic E-state index is -0.0799. The highest BCUT2D eigenvalue weighted by atomic mass is 35.5. The van der Waals surface area contributed by atoms with Crippen molar-refractivity contribution in [3.8, 4) is 11.5 Å². The van der Waals surface area contributed by atoms with Crippen molar-refractivity contribution in [3.63, 3.8) is 0 Å². The van der Waals surface area contributed by atoms with E-state index in [1.165, 1.54) is 5.56 Å². The van der Waals surface area contributed by atoms with Gasteiger partial charge in [0.05, 0.1) is 24.8 Å². The fourth-order valence-corrected chi connectivity index (χ4v) is 2.55. The molecule has 3 rings (SSSR count). The number of carbonyl (C=O) groups excluding carboxylic acids is 1. The average Bonchev–Trinajstić information content (AvgIpc) is 2.59. The van der Waals surface area contributed by atoms with E-state index in [1.807, 2.05) is 55.5 Å². The molecule has 0 saturated carbocycles. The molecule has 6 heteroatoms. The van der Waals surface area contributed by atoms with E-state index in [1.54, 1.807) is 0 Å². The molecule has 0 radical (unpaired) electrons. The largest absolute Gasteiger partial charge is 0.455 e. The second kappa shape index (κ2) is 9.42. The lowest BCUT2D eigenvalue weighted by atomic mass is 10.2. The van der Waals surface area contributed by atoms with Crippen LogP contribution in [0, 0.1) is 6.92 Å². The fraction of sp³-hybridized carbons (Fsp3) is 0.316. The summed E-state index contributed by atoms with van der Waals surface area (Å²) in [5.41, 5.74) is 1.83. The molecule has 1 atom stereocenters. The molecular weight excluding hydrogens is 340 g/mol. The first kappa shape index (κ1) is 19.2. The van der Waals surface area contributed by atoms with Gasteiger partial charge in [-0.25, -0.2) is 0 Å². The van der Waals surface area contributed by atoms with Gasteiger partial charge in [0.2, 0.25) is 5.91 Å². The fourth-order valence-electron chi connectivity index (χ4n) is 2.55. The number of aryl methyl sites for hydroxylation is 1. The highest BCUT2D eigenvalue weighted by molar-refractivity contribution is 5.92. The van der Waals surface area contributed by atoms with Crippen LogP contribution in [0.1, 0.15) is 12.0 Å². The van der Waals surface area contributed by atoms with Crippen LogP contribution in [0.15, 0.2) is 48.5 Å². The van der Waals surface area contributed by atoms with E-state index in [0.29, 0.717) is 31.0 Å². The molecule has 2 aromatic carbocycles. The Bertz CT molecular complexity index is 685. The van der Waals surface area contributed by atoms with Gasteiger partial charge < -0.3 is 20.1 Å². The lowest BCUT2D eigenvalue weighted by molar-refractivity contribution is -0.119. The third-order valence-electron chi connectivity index (χ3n) is 3.83. The van der Waals surface area contributed by atoms with Crippen LogP contribution in [0.4, 0.5) is 5.69 Å². The van der Waals surface area contributed by atoms with Gasteiger partial charge in [0.1, 0.15) is 5.75 Å². The normalized spacial score (nSPS) is 16.6. The SMILES string of the molecule is Cc1ccc(Oc2ccccc2NC(=O)CC2CNCCO2)cc1.Cl. The number of rotatable bonds is 5. The van der Waals surface area contributed by atoms with E-state index in [-0.39, 0.29) is 24.4 Å². The minimum Gasteiger partial charge on any atom is -0.455 e. The van der Waals surface area contributed by atoms with Crippen LogP contribution < -0.4 is 15.4 Å². The van der Waals surface area contributed by atoms with E-state index < -0.39 is 0 Å². The Morgan fingerprint density at radius 3 is 2.72 bits per heavy atom. The summed E-state index contributed by atoms with van der Waals surface area (Å²) in [6.45, 7) is 4.21. The van der Waals surface area contributed by atoms with Crippen LogP contribution >= 0.6 is 12.4 Å². The zero-order valence-electron chi connectivity index (χ0n) is 14.2. The molecule has 25 heavy (non-hydrogen) atoms. The molecule has 1 fully saturated rings. The maximum atomic E-state index is 12.3. The Morgan fingerprint density at radius 2 is 2.00 bits per heavy atom. The molecule has 1 heterocycles. The predicted octanol–water partition coefficient (Wildman–Crippen LogP) is 3.53. The Kier molecular flexibility index (Phi) is 7.25. The Labute approximate surface area is 154 Å². The average molecular weight is 363 g/mol. The predicted molar refractivity (Wildman–Crippen MR) is 101 cm³/mol. The standard InChI is InChI=1S/C19H22N2O3.ClH/c1-14-6-8-15(9-7-14)24-18-5-3-2-4-17(18)21-19(22)12-16-13-20-10-11-23-16;/h2-9,16,20H,10-13H2,1H3,(H,21,22);1H. The van der Waals surface area contributed by atoms with Gasteiger partial charge in [-0.05, 0) is 31.2 Å². The number of morpholine rings is 1. The lowest BCUT2D eigenvalue weighted by Crippen LogP contribution is -2.40. The van der Waals surface area contributed by atoms with Gasteiger partial charge >= 0.3 is 0 Å². The van der Waals surface area contributed by atoms with Crippen molar-refractivity contribution < 1.29 is 14.3 Å². The number of halogens is 1. The third kappa shape index (κ3) is 5.74. The summed E-state index contributed by atoms with van der Waals surface area (Å²) in [5.74, 6) is 1.28. The van der Waals surface area contributed by atoms with Crippen LogP contribution in [0.5, 0.6) is 11.5 Å². The number of anilines is 1. The van der Waals surface area contributed by atoms with E-state index in [0.717, 1.165) is 12.3 Å². The summed E-state index contributed by atoms with van der Waals surface area (Å²) in [6, 6.07) is 15.2. The number of hydrogen-bond donors (Lipinski definition) is 2. The molecule has 2 aromatic rings. The zero-order chi connectivity index (χ0) is 16.8. The number of ether oxygens (including phenoxy) is 2. The molecule has 0 aromatic heterocycles. The van der Waals surface area contributed by atoms with Gasteiger partial charge in [0.25, 0.3) is 0 Å². The van der Waals surface area contributed by atoms with E-state index in [9.17, 15) is 4.79 Å². The Balaban J connectivity index is 0.00000225. The first-order chi connectivity index (χ1) is 11.7. The van der Waals surface area contributed by atoms with Crippen LogP contribution in [-0.2, 0) is 9.53 Å². The first-order valence-corrected chi connectivity index (χ1v) is 8.16. The summed E-state index contributed by atoms with van der Waals surface area (Å²) in [5, 5.41) is 6.14. The molecule has 1 aliphatic rings. The van der Waals surface area contributed by atoms with Gasteiger partial charge in [0, 0.05) is 13.1 Å². The number of hydrogen-bond acceptors (Lipinski definition) is 4. The Hall–Kier alpha value is -2.08. The molecule has 1 saturated heterocycles. The van der Waals surface area contributed by atoms with Crippen molar-refractivity contribution in [2.75, 3.05) is 25.0 Å². The zero-order valence-corrected chi connectivity index (χ0v) is 15.0. The van der Waals surface area contributed by atoms with E-state index in [2.05, 4.69) is 10.6 Å². The molecule has 5 nitrogen and oxygen atoms in total. The molecule has 0 spiro atoms. The summed E-state index contributed by atoms with van der Waals surface area (Å²) in [7, 11) is 0. The smallest absolute Gasteiger partial charge is 0.227 e. The maximum Gasteiger partial charge on any atom is 0.227 e. The number of carbonyl (C=O) groups is 1. The molecule has 0 bridgehead atoms. The van der Waals surface area contributed by atoms with E-state index in [4.69, 9.17) is 9.47 Å². The molecule has 1 aliphatic heterocycles. The molecule has 0 aliphatic carbocycles. The molecular formula is C19H23ClN2O3. The number of nitrogens with one attached hydrogen (secondary N) is 2. The van der Waals surface area contributed by atoms with Crippen molar-refractivity contribution in [2.24, 2.45) is 0 Å². The maximum absolute atomic E-state index is 12.3. The molecule has 134 valence electrons. The quantitative estimate of drug-likeness (QED) is 0.854. The van der Waals surface area contributed by atoms with Crippen LogP contribution in [0.2, 0.25) is 0 Å². The highest BCUT2D eigenvalue weighted by Crippen LogP contribution is 2.29. The number of benzene rings is 2. The molecule has 1 unspecified atom stereocenters. The van der Waals surface area contributed by atoms with Crippen molar-refractivity contribution >= 4 is 24.0 Å². The summed E-state index contributed by atoms with van der Waals surface area (Å²) < 4.78 is 11.5. The highest BCUT2D eigenvalue weighted by Gasteiger charge is 2.18. The van der Waals surface area contributed by atoms with Crippen LogP contribution in [-0.4, -0.2) is 31.7 Å². The summed E-state index contributed by atoms with van der Waals surface area (Å²) in [6.07, 6.45) is 0.246. The molecule has 1 amide bonds. The van der Waals surface area contributed by atoms with Gasteiger partial charge in [-0.15, -0.1) is 12.4 Å². The van der Waals surface area contributed by atoms with Gasteiger partial charge in [-0.3, -0.25) is 4.79 Å². The van der Waals surface area contributed by atoms with Crippen molar-refractivity contribution in [1.82, 2.24) is 5.32 Å². The second-order valence-corrected chi connectivity index (χ2v) is 5.86. The number of para-hydroxylation sites is 2. The van der Waals surface area contributed by atoms with Gasteiger partial charge in [0.15, 0.2) is 5.75 Å².